The molecule has 3 N–H and O–H groups in total. The van der Waals surface area contributed by atoms with Crippen LogP contribution in [0.5, 0.6) is 0 Å². The molecule has 0 aliphatic heterocycles. The van der Waals surface area contributed by atoms with Gasteiger partial charge in [-0.1, -0.05) is 402 Å². The molecule has 0 aliphatic carbocycles. The Kier molecular flexibility index (Phi) is 74.7. The lowest BCUT2D eigenvalue weighted by Gasteiger charge is -2.21. The lowest BCUT2D eigenvalue weighted by molar-refractivity contribution is -0.161. The van der Waals surface area contributed by atoms with Crippen LogP contribution in [-0.4, -0.2) is 96.7 Å². The Hall–Kier alpha value is -1.94. The molecule has 0 radical (unpaired) electrons. The Balaban J connectivity index is 5.21. The third-order valence-electron chi connectivity index (χ3n) is 20.5. The van der Waals surface area contributed by atoms with E-state index in [9.17, 15) is 43.2 Å². The summed E-state index contributed by atoms with van der Waals surface area (Å²) >= 11 is 0. The fraction of sp³-hybridized carbons (Fsp3) is 0.953. The summed E-state index contributed by atoms with van der Waals surface area (Å²) in [4.78, 5) is 73.1. The summed E-state index contributed by atoms with van der Waals surface area (Å²) in [6, 6.07) is 0. The molecule has 19 heteroatoms. The molecule has 0 amide bonds. The van der Waals surface area contributed by atoms with Crippen molar-refractivity contribution in [1.82, 2.24) is 0 Å². The zero-order valence-electron chi connectivity index (χ0n) is 69.2. The molecule has 6 atom stereocenters. The van der Waals surface area contributed by atoms with Crippen LogP contribution in [0.1, 0.15) is 453 Å². The fourth-order valence-corrected chi connectivity index (χ4v) is 14.9. The van der Waals surface area contributed by atoms with Crippen LogP contribution in [0, 0.1) is 17.8 Å². The molecule has 105 heavy (non-hydrogen) atoms. The van der Waals surface area contributed by atoms with Gasteiger partial charge in [0.25, 0.3) is 0 Å². The lowest BCUT2D eigenvalue weighted by Crippen LogP contribution is -2.30. The Morgan fingerprint density at radius 2 is 0.486 bits per heavy atom. The zero-order valence-corrected chi connectivity index (χ0v) is 71.0. The van der Waals surface area contributed by atoms with Gasteiger partial charge in [-0.2, -0.15) is 0 Å². The van der Waals surface area contributed by atoms with Gasteiger partial charge in [0.05, 0.1) is 26.4 Å². The molecule has 0 saturated heterocycles. The van der Waals surface area contributed by atoms with E-state index in [-0.39, 0.29) is 25.7 Å². The second-order valence-electron chi connectivity index (χ2n) is 32.1. The third-order valence-corrected chi connectivity index (χ3v) is 22.4. The number of unbranched alkanes of at least 4 members (excludes halogenated alkanes) is 51. The van der Waals surface area contributed by atoms with Gasteiger partial charge in [0, 0.05) is 25.7 Å². The Morgan fingerprint density at radius 3 is 0.724 bits per heavy atom. The summed E-state index contributed by atoms with van der Waals surface area (Å²) < 4.78 is 68.8. The molecule has 0 heterocycles. The van der Waals surface area contributed by atoms with Crippen LogP contribution in [0.2, 0.25) is 0 Å². The van der Waals surface area contributed by atoms with Crippen LogP contribution in [-0.2, 0) is 65.4 Å². The Bertz CT molecular complexity index is 2030. The van der Waals surface area contributed by atoms with E-state index in [1.54, 1.807) is 0 Å². The molecule has 0 aromatic heterocycles. The number of hydrogen-bond acceptors (Lipinski definition) is 15. The summed E-state index contributed by atoms with van der Waals surface area (Å²) in [5.41, 5.74) is 0. The van der Waals surface area contributed by atoms with Gasteiger partial charge in [-0.15, -0.1) is 0 Å². The summed E-state index contributed by atoms with van der Waals surface area (Å²) in [6.45, 7) is 12.0. The van der Waals surface area contributed by atoms with E-state index in [1.807, 2.05) is 0 Å². The van der Waals surface area contributed by atoms with Crippen molar-refractivity contribution in [3.8, 4) is 0 Å². The molecule has 0 aromatic carbocycles. The zero-order chi connectivity index (χ0) is 77.2. The fourth-order valence-electron chi connectivity index (χ4n) is 13.3. The topological polar surface area (TPSA) is 237 Å². The van der Waals surface area contributed by atoms with Gasteiger partial charge in [-0.3, -0.25) is 37.3 Å². The van der Waals surface area contributed by atoms with Crippen molar-refractivity contribution in [1.29, 1.82) is 0 Å². The van der Waals surface area contributed by atoms with E-state index in [4.69, 9.17) is 37.0 Å². The average Bonchev–Trinajstić information content (AvgIpc) is 0.910. The number of aliphatic hydroxyl groups is 1. The summed E-state index contributed by atoms with van der Waals surface area (Å²) in [6.07, 6.45) is 66.9. The minimum absolute atomic E-state index is 0.106. The van der Waals surface area contributed by atoms with E-state index in [0.717, 1.165) is 108 Å². The SMILES string of the molecule is CCCCCCCCCCCCCCCCCCCCCC(=O)OC[C@H](COP(=O)(O)OC[C@@H](O)COP(=O)(O)OC[C@@H](COC(=O)CCCCCCCCC(C)C)OC(=O)CCCCCCCCCCCCCCC(C)C)OC(=O)CCCCCCCCCCCCCCCCCCCCC(C)CC. The number of hydrogen-bond donors (Lipinski definition) is 3. The monoisotopic (exact) mass is 1540 g/mol. The number of phosphoric ester groups is 2. The number of esters is 4. The molecule has 0 spiro atoms. The normalized spacial score (nSPS) is 14.1. The highest BCUT2D eigenvalue weighted by Gasteiger charge is 2.30. The van der Waals surface area contributed by atoms with Crippen LogP contribution in [0.15, 0.2) is 0 Å². The maximum atomic E-state index is 13.1. The van der Waals surface area contributed by atoms with Crippen LogP contribution in [0.25, 0.3) is 0 Å². The van der Waals surface area contributed by atoms with Gasteiger partial charge in [-0.05, 0) is 43.4 Å². The van der Waals surface area contributed by atoms with Gasteiger partial charge in [-0.25, -0.2) is 9.13 Å². The smallest absolute Gasteiger partial charge is 0.462 e. The number of aliphatic hydroxyl groups excluding tert-OH is 1. The van der Waals surface area contributed by atoms with Crippen molar-refractivity contribution in [2.24, 2.45) is 17.8 Å². The van der Waals surface area contributed by atoms with E-state index in [2.05, 4.69) is 48.5 Å². The number of carbonyl (C=O) groups excluding carboxylic acids is 4. The maximum absolute atomic E-state index is 13.1. The van der Waals surface area contributed by atoms with E-state index in [1.165, 1.54) is 257 Å². The molecule has 0 fully saturated rings. The first-order chi connectivity index (χ1) is 50.8. The molecular weight excluding hydrogens is 1370 g/mol. The Morgan fingerprint density at radius 1 is 0.276 bits per heavy atom. The third kappa shape index (κ3) is 78.5. The summed E-state index contributed by atoms with van der Waals surface area (Å²) in [5.74, 6) is 0.219. The largest absolute Gasteiger partial charge is 0.472 e. The van der Waals surface area contributed by atoms with Crippen molar-refractivity contribution in [3.63, 3.8) is 0 Å². The second kappa shape index (κ2) is 76.1. The highest BCUT2D eigenvalue weighted by atomic mass is 31.2. The van der Waals surface area contributed by atoms with E-state index >= 15 is 0 Å². The minimum Gasteiger partial charge on any atom is -0.462 e. The first kappa shape index (κ1) is 103. The summed E-state index contributed by atoms with van der Waals surface area (Å²) in [7, 11) is -9.93. The second-order valence-corrected chi connectivity index (χ2v) is 35.0. The van der Waals surface area contributed by atoms with Crippen molar-refractivity contribution < 1.29 is 80.2 Å². The Labute approximate surface area is 645 Å². The van der Waals surface area contributed by atoms with Gasteiger partial charge >= 0.3 is 39.5 Å². The number of ether oxygens (including phenoxy) is 4. The average molecular weight is 1540 g/mol. The lowest BCUT2D eigenvalue weighted by atomic mass is 9.99. The van der Waals surface area contributed by atoms with Crippen molar-refractivity contribution in [3.05, 3.63) is 0 Å². The summed E-state index contributed by atoms with van der Waals surface area (Å²) in [5, 5.41) is 10.7. The highest BCUT2D eigenvalue weighted by molar-refractivity contribution is 7.47. The van der Waals surface area contributed by atoms with Crippen LogP contribution >= 0.6 is 15.6 Å². The number of phosphoric acid groups is 2. The van der Waals surface area contributed by atoms with Crippen LogP contribution in [0.3, 0.4) is 0 Å². The predicted octanol–water partition coefficient (Wildman–Crippen LogP) is 26.1. The minimum atomic E-state index is -4.97. The molecule has 0 aliphatic rings. The molecule has 0 rings (SSSR count). The van der Waals surface area contributed by atoms with Crippen molar-refractivity contribution in [2.75, 3.05) is 39.6 Å². The van der Waals surface area contributed by atoms with Crippen LogP contribution in [0.4, 0.5) is 0 Å². The molecule has 3 unspecified atom stereocenters. The van der Waals surface area contributed by atoms with Gasteiger partial charge in [0.1, 0.15) is 19.3 Å². The molecule has 0 saturated carbocycles. The predicted molar refractivity (Wildman–Crippen MR) is 432 cm³/mol. The van der Waals surface area contributed by atoms with E-state index in [0.29, 0.717) is 31.6 Å². The first-order valence-electron chi connectivity index (χ1n) is 44.4. The maximum Gasteiger partial charge on any atom is 0.472 e. The van der Waals surface area contributed by atoms with E-state index < -0.39 is 97.5 Å². The van der Waals surface area contributed by atoms with Crippen LogP contribution < -0.4 is 0 Å². The van der Waals surface area contributed by atoms with Gasteiger partial charge in [0.2, 0.25) is 0 Å². The first-order valence-corrected chi connectivity index (χ1v) is 47.4. The quantitative estimate of drug-likeness (QED) is 0.0222. The highest BCUT2D eigenvalue weighted by Crippen LogP contribution is 2.45. The van der Waals surface area contributed by atoms with Crippen molar-refractivity contribution >= 4 is 39.5 Å². The van der Waals surface area contributed by atoms with Gasteiger partial charge < -0.3 is 33.8 Å². The molecule has 0 bridgehead atoms. The number of rotatable bonds is 84. The molecular formula is C86H168O17P2. The molecule has 0 aromatic rings. The van der Waals surface area contributed by atoms with Crippen molar-refractivity contribution in [2.45, 2.75) is 471 Å². The standard InChI is InChI=1S/C86H168O17P2/c1-8-10-11-12-13-14-15-16-17-18-19-23-26-29-35-40-45-53-60-67-83(88)96-73-81(102-85(90)69-62-55-46-41-36-30-27-24-21-20-22-25-28-34-39-44-52-59-66-79(7)9-2)75-100-104(92,93)98-71-80(87)72-99-105(94,95)101-76-82(74-97-84(89)68-61-54-49-48-51-58-65-78(5)6)103-86(91)70-63-56-47-42-37-32-31-33-38-43-50-57-64-77(3)4/h77-82,87H,8-76H2,1-7H3,(H,92,93)(H,94,95)/t79?,80-,81-,82-/m1/s1. The van der Waals surface area contributed by atoms with Gasteiger partial charge in [0.15, 0.2) is 12.2 Å². The number of carbonyl (C=O) groups is 4. The molecule has 624 valence electrons. The molecule has 17 nitrogen and oxygen atoms in total.